The molecule has 14 heteroatoms. The van der Waals surface area contributed by atoms with Gasteiger partial charge in [-0.3, -0.25) is 9.69 Å². The monoisotopic (exact) mass is 662 g/mol. The Bertz CT molecular complexity index is 1480. The molecule has 11 nitrogen and oxygen atoms in total. The van der Waals surface area contributed by atoms with Crippen LogP contribution in [0.2, 0.25) is 0 Å². The Morgan fingerprint density at radius 1 is 1.17 bits per heavy atom. The van der Waals surface area contributed by atoms with E-state index in [2.05, 4.69) is 17.2 Å². The average molecular weight is 663 g/mol. The van der Waals surface area contributed by atoms with Gasteiger partial charge < -0.3 is 30.1 Å². The highest BCUT2D eigenvalue weighted by Gasteiger charge is 2.61. The number of benzene rings is 1. The van der Waals surface area contributed by atoms with Gasteiger partial charge >= 0.3 is 18.2 Å². The number of amides is 3. The predicted octanol–water partition coefficient (Wildman–Crippen LogP) is 4.85. The van der Waals surface area contributed by atoms with Crippen LogP contribution in [0.25, 0.3) is 0 Å². The van der Waals surface area contributed by atoms with E-state index < -0.39 is 83.9 Å². The van der Waals surface area contributed by atoms with E-state index in [0.29, 0.717) is 11.1 Å². The zero-order valence-electron chi connectivity index (χ0n) is 26.7. The lowest BCUT2D eigenvalue weighted by Crippen LogP contribution is -2.53. The molecule has 0 bridgehead atoms. The molecule has 4 aliphatic rings. The SMILES string of the molecule is C=C1[C@@H](NC(=O)OC(C)(C)C)CCC(F)(F)CC/C=C\[C@@H]2C[C@@]2(C(=O)O)NC(=O)[C@@H]2C[C@@H](OC(=O)N3Cc4cccc(F)c4C3)CN12. The second-order valence-electron chi connectivity index (χ2n) is 13.8. The molecule has 1 aromatic carbocycles. The van der Waals surface area contributed by atoms with E-state index in [1.54, 1.807) is 39.0 Å². The van der Waals surface area contributed by atoms with Crippen molar-refractivity contribution >= 4 is 24.1 Å². The molecule has 0 radical (unpaired) electrons. The number of carbonyl (C=O) groups excluding carboxylic acids is 3. The van der Waals surface area contributed by atoms with E-state index in [0.717, 1.165) is 0 Å². The van der Waals surface area contributed by atoms with Gasteiger partial charge in [-0.25, -0.2) is 27.6 Å². The van der Waals surface area contributed by atoms with Crippen molar-refractivity contribution in [2.75, 3.05) is 6.54 Å². The van der Waals surface area contributed by atoms with Crippen molar-refractivity contribution < 1.29 is 46.9 Å². The molecule has 3 amide bonds. The third-order valence-electron chi connectivity index (χ3n) is 9.07. The van der Waals surface area contributed by atoms with Crippen LogP contribution in [0.3, 0.4) is 0 Å². The number of hydrogen-bond acceptors (Lipinski definition) is 7. The van der Waals surface area contributed by atoms with E-state index in [9.17, 15) is 28.7 Å². The molecule has 47 heavy (non-hydrogen) atoms. The summed E-state index contributed by atoms with van der Waals surface area (Å²) in [6.45, 7) is 9.06. The topological polar surface area (TPSA) is 138 Å². The van der Waals surface area contributed by atoms with Gasteiger partial charge in [0.2, 0.25) is 11.8 Å². The maximum absolute atomic E-state index is 15.0. The van der Waals surface area contributed by atoms with Crippen molar-refractivity contribution in [2.45, 2.75) is 108 Å². The number of fused-ring (bicyclic) bond motifs is 3. The largest absolute Gasteiger partial charge is 0.479 e. The zero-order valence-corrected chi connectivity index (χ0v) is 26.7. The van der Waals surface area contributed by atoms with Gasteiger partial charge in [0.25, 0.3) is 0 Å². The van der Waals surface area contributed by atoms with Gasteiger partial charge in [-0.1, -0.05) is 30.9 Å². The second kappa shape index (κ2) is 12.8. The molecule has 0 unspecified atom stereocenters. The lowest BCUT2D eigenvalue weighted by Gasteiger charge is -2.34. The van der Waals surface area contributed by atoms with Crippen molar-refractivity contribution in [2.24, 2.45) is 5.92 Å². The number of aliphatic carboxylic acids is 1. The molecule has 3 N–H and O–H groups in total. The number of carboxylic acids is 1. The van der Waals surface area contributed by atoms with Crippen LogP contribution < -0.4 is 10.6 Å². The quantitative estimate of drug-likeness (QED) is 0.391. The molecule has 1 saturated heterocycles. The number of allylic oxidation sites excluding steroid dienone is 1. The average Bonchev–Trinajstić information content (AvgIpc) is 3.28. The van der Waals surface area contributed by atoms with E-state index in [4.69, 9.17) is 9.47 Å². The molecule has 0 aromatic heterocycles. The standard InChI is InChI=1S/C33H41F3N4O7/c1-19-25(37-29(44)47-31(2,3)4)11-13-32(35,36)12-6-5-9-21-15-33(21,28(42)43)38-27(41)26-14-22(17-40(19)26)46-30(45)39-16-20-8-7-10-24(34)23(20)18-39/h5,7-10,21-22,25-26H,1,6,11-18H2,2-4H3,(H,37,44)(H,38,41)(H,42,43)/b9-5-/t21-,22-,25+,26+,33-/m1/s1. The van der Waals surface area contributed by atoms with E-state index >= 15 is 8.78 Å². The van der Waals surface area contributed by atoms with Crippen molar-refractivity contribution in [1.82, 2.24) is 20.4 Å². The van der Waals surface area contributed by atoms with Crippen LogP contribution in [-0.4, -0.2) is 80.8 Å². The highest BCUT2D eigenvalue weighted by Crippen LogP contribution is 2.46. The molecule has 1 aromatic rings. The second-order valence-corrected chi connectivity index (χ2v) is 13.8. The lowest BCUT2D eigenvalue weighted by atomic mass is 10.0. The normalized spacial score (nSPS) is 29.7. The highest BCUT2D eigenvalue weighted by atomic mass is 19.3. The van der Waals surface area contributed by atoms with Crippen LogP contribution in [0, 0.1) is 11.7 Å². The van der Waals surface area contributed by atoms with Gasteiger partial charge in [-0.2, -0.15) is 0 Å². The number of carboxylic acid groups (broad SMARTS) is 1. The van der Waals surface area contributed by atoms with Gasteiger partial charge in [0, 0.05) is 43.0 Å². The zero-order chi connectivity index (χ0) is 34.3. The molecule has 3 heterocycles. The first kappa shape index (κ1) is 34.1. The highest BCUT2D eigenvalue weighted by molar-refractivity contribution is 5.93. The lowest BCUT2D eigenvalue weighted by molar-refractivity contribution is -0.144. The molecule has 1 aliphatic carbocycles. The molecule has 1 saturated carbocycles. The fourth-order valence-electron chi connectivity index (χ4n) is 6.45. The third-order valence-corrected chi connectivity index (χ3v) is 9.07. The maximum atomic E-state index is 15.0. The molecule has 5 rings (SSSR count). The van der Waals surface area contributed by atoms with Crippen LogP contribution in [0.1, 0.15) is 70.4 Å². The van der Waals surface area contributed by atoms with Crippen molar-refractivity contribution in [3.63, 3.8) is 0 Å². The molecule has 0 spiro atoms. The fraction of sp³-hybridized carbons (Fsp3) is 0.576. The molecule has 5 atom stereocenters. The van der Waals surface area contributed by atoms with Crippen molar-refractivity contribution in [3.8, 4) is 0 Å². The summed E-state index contributed by atoms with van der Waals surface area (Å²) in [5.74, 6) is -6.07. The first-order chi connectivity index (χ1) is 22.0. The van der Waals surface area contributed by atoms with Crippen LogP contribution in [0.4, 0.5) is 22.8 Å². The minimum Gasteiger partial charge on any atom is -0.479 e. The van der Waals surface area contributed by atoms with Gasteiger partial charge in [0.05, 0.1) is 19.1 Å². The fourth-order valence-corrected chi connectivity index (χ4v) is 6.45. The number of hydrogen-bond donors (Lipinski definition) is 3. The van der Waals surface area contributed by atoms with Crippen molar-refractivity contribution in [1.29, 1.82) is 0 Å². The Labute approximate surface area is 271 Å². The Kier molecular flexibility index (Phi) is 9.26. The summed E-state index contributed by atoms with van der Waals surface area (Å²) in [6, 6.07) is 2.37. The molecule has 2 fully saturated rings. The predicted molar refractivity (Wildman–Crippen MR) is 162 cm³/mol. The molecule has 256 valence electrons. The van der Waals surface area contributed by atoms with Gasteiger partial charge in [-0.15, -0.1) is 0 Å². The Morgan fingerprint density at radius 3 is 2.60 bits per heavy atom. The van der Waals surface area contributed by atoms with E-state index in [1.807, 2.05) is 0 Å². The summed E-state index contributed by atoms with van der Waals surface area (Å²) >= 11 is 0. The minimum atomic E-state index is -3.12. The maximum Gasteiger partial charge on any atom is 0.410 e. The number of alkyl carbamates (subject to hydrolysis) is 1. The number of alkyl halides is 2. The van der Waals surface area contributed by atoms with Gasteiger partial charge in [0.1, 0.15) is 29.1 Å². The summed E-state index contributed by atoms with van der Waals surface area (Å²) in [4.78, 5) is 54.9. The Morgan fingerprint density at radius 2 is 1.91 bits per heavy atom. The van der Waals surface area contributed by atoms with E-state index in [-0.39, 0.29) is 51.0 Å². The minimum absolute atomic E-state index is 0.0000288. The number of nitrogens with one attached hydrogen (secondary N) is 2. The number of carbonyl (C=O) groups is 4. The number of nitrogens with zero attached hydrogens (tertiary/aromatic N) is 2. The number of rotatable bonds is 3. The molecular weight excluding hydrogens is 621 g/mol. The van der Waals surface area contributed by atoms with E-state index in [1.165, 1.54) is 21.9 Å². The van der Waals surface area contributed by atoms with Gasteiger partial charge in [0.15, 0.2) is 0 Å². The molecule has 3 aliphatic heterocycles. The summed E-state index contributed by atoms with van der Waals surface area (Å²) < 4.78 is 55.5. The summed E-state index contributed by atoms with van der Waals surface area (Å²) in [7, 11) is 0. The number of halogens is 3. The smallest absolute Gasteiger partial charge is 0.410 e. The Balaban J connectivity index is 1.40. The van der Waals surface area contributed by atoms with Crippen LogP contribution >= 0.6 is 0 Å². The van der Waals surface area contributed by atoms with Crippen molar-refractivity contribution in [3.05, 3.63) is 59.6 Å². The Hall–Kier alpha value is -4.23. The third kappa shape index (κ3) is 7.68. The first-order valence-electron chi connectivity index (χ1n) is 15.7. The van der Waals surface area contributed by atoms with Crippen LogP contribution in [0.5, 0.6) is 0 Å². The summed E-state index contributed by atoms with van der Waals surface area (Å²) in [5, 5.41) is 15.3. The summed E-state index contributed by atoms with van der Waals surface area (Å²) in [5.41, 5.74) is -1.37. The van der Waals surface area contributed by atoms with Gasteiger partial charge in [-0.05, 0) is 51.7 Å². The molecular formula is C33H41F3N4O7. The van der Waals surface area contributed by atoms with Crippen LogP contribution in [-0.2, 0) is 32.2 Å². The van der Waals surface area contributed by atoms with Crippen LogP contribution in [0.15, 0.2) is 42.6 Å². The first-order valence-corrected chi connectivity index (χ1v) is 15.7. The summed E-state index contributed by atoms with van der Waals surface area (Å²) in [6.07, 6.45) is -0.812. The number of ether oxygens (including phenoxy) is 2.